The van der Waals surface area contributed by atoms with E-state index < -0.39 is 20.6 Å². The molecule has 0 unspecified atom stereocenters. The standard InChI is InChI=1S/C16H19N3O5S/c1-3-18(4-2)25(22,23)14-8-9-16(15(11-14)19(20)21)24-12-13-7-5-6-10-17-13/h5-11H,3-4,12H2,1-2H3. The van der Waals surface area contributed by atoms with E-state index >= 15 is 0 Å². The number of sulfonamides is 1. The van der Waals surface area contributed by atoms with Crippen LogP contribution in [-0.4, -0.2) is 35.7 Å². The Morgan fingerprint density at radius 1 is 1.20 bits per heavy atom. The number of rotatable bonds is 8. The Labute approximate surface area is 146 Å². The Hall–Kier alpha value is -2.52. The highest BCUT2D eigenvalue weighted by atomic mass is 32.2. The molecule has 8 nitrogen and oxygen atoms in total. The second-order valence-electron chi connectivity index (χ2n) is 5.09. The minimum absolute atomic E-state index is 0.00542. The third-order valence-corrected chi connectivity index (χ3v) is 5.62. The molecule has 1 aromatic heterocycles. The van der Waals surface area contributed by atoms with E-state index in [1.165, 1.54) is 16.4 Å². The summed E-state index contributed by atoms with van der Waals surface area (Å²) >= 11 is 0. The van der Waals surface area contributed by atoms with Crippen LogP contribution in [0.5, 0.6) is 5.75 Å². The zero-order valence-corrected chi connectivity index (χ0v) is 14.8. The highest BCUT2D eigenvalue weighted by Crippen LogP contribution is 2.31. The minimum atomic E-state index is -3.78. The van der Waals surface area contributed by atoms with Crippen molar-refractivity contribution in [2.24, 2.45) is 0 Å². The Balaban J connectivity index is 2.33. The highest BCUT2D eigenvalue weighted by molar-refractivity contribution is 7.89. The predicted octanol–water partition coefficient (Wildman–Crippen LogP) is 2.60. The van der Waals surface area contributed by atoms with Crippen molar-refractivity contribution < 1.29 is 18.1 Å². The molecule has 2 aromatic rings. The first-order chi connectivity index (χ1) is 11.9. The summed E-state index contributed by atoms with van der Waals surface area (Å²) in [6.07, 6.45) is 1.59. The summed E-state index contributed by atoms with van der Waals surface area (Å²) in [6, 6.07) is 8.90. The normalized spacial score (nSPS) is 11.5. The number of hydrogen-bond acceptors (Lipinski definition) is 6. The van der Waals surface area contributed by atoms with Crippen LogP contribution in [0.15, 0.2) is 47.5 Å². The molecular formula is C16H19N3O5S. The first kappa shape index (κ1) is 18.8. The van der Waals surface area contributed by atoms with Gasteiger partial charge in [-0.05, 0) is 24.3 Å². The van der Waals surface area contributed by atoms with E-state index in [0.717, 1.165) is 6.07 Å². The molecule has 0 aliphatic heterocycles. The number of nitro groups is 1. The van der Waals surface area contributed by atoms with Crippen LogP contribution < -0.4 is 4.74 Å². The van der Waals surface area contributed by atoms with Crippen LogP contribution in [0.4, 0.5) is 5.69 Å². The first-order valence-electron chi connectivity index (χ1n) is 7.71. The van der Waals surface area contributed by atoms with E-state index in [9.17, 15) is 18.5 Å². The van der Waals surface area contributed by atoms with Gasteiger partial charge in [0, 0.05) is 25.4 Å². The highest BCUT2D eigenvalue weighted by Gasteiger charge is 2.26. The van der Waals surface area contributed by atoms with Gasteiger partial charge < -0.3 is 4.74 Å². The molecule has 1 aromatic carbocycles. The van der Waals surface area contributed by atoms with E-state index in [1.807, 2.05) is 0 Å². The van der Waals surface area contributed by atoms with E-state index in [1.54, 1.807) is 38.2 Å². The van der Waals surface area contributed by atoms with Crippen LogP contribution in [0.1, 0.15) is 19.5 Å². The first-order valence-corrected chi connectivity index (χ1v) is 9.15. The number of nitro benzene ring substituents is 1. The van der Waals surface area contributed by atoms with Crippen molar-refractivity contribution in [3.05, 3.63) is 58.4 Å². The third kappa shape index (κ3) is 4.31. The Kier molecular flexibility index (Phi) is 6.05. The molecule has 0 aliphatic rings. The SMILES string of the molecule is CCN(CC)S(=O)(=O)c1ccc(OCc2ccccn2)c([N+](=O)[O-])c1. The summed E-state index contributed by atoms with van der Waals surface area (Å²) in [5.41, 5.74) is 0.209. The van der Waals surface area contributed by atoms with Crippen LogP contribution in [-0.2, 0) is 16.6 Å². The van der Waals surface area contributed by atoms with E-state index in [-0.39, 0.29) is 30.3 Å². The number of ether oxygens (including phenoxy) is 1. The van der Waals surface area contributed by atoms with Gasteiger partial charge in [-0.1, -0.05) is 19.9 Å². The fraction of sp³-hybridized carbons (Fsp3) is 0.312. The van der Waals surface area contributed by atoms with Gasteiger partial charge in [-0.15, -0.1) is 0 Å². The lowest BCUT2D eigenvalue weighted by molar-refractivity contribution is -0.386. The van der Waals surface area contributed by atoms with Crippen molar-refractivity contribution in [1.29, 1.82) is 0 Å². The second kappa shape index (κ2) is 8.04. The maximum atomic E-state index is 12.5. The van der Waals surface area contributed by atoms with Crippen molar-refractivity contribution in [2.45, 2.75) is 25.3 Å². The van der Waals surface area contributed by atoms with Gasteiger partial charge in [0.05, 0.1) is 15.5 Å². The number of pyridine rings is 1. The molecule has 0 atom stereocenters. The second-order valence-corrected chi connectivity index (χ2v) is 7.02. The number of hydrogen-bond donors (Lipinski definition) is 0. The van der Waals surface area contributed by atoms with Gasteiger partial charge in [-0.25, -0.2) is 8.42 Å². The topological polar surface area (TPSA) is 103 Å². The lowest BCUT2D eigenvalue weighted by Crippen LogP contribution is -2.30. The lowest BCUT2D eigenvalue weighted by Gasteiger charge is -2.18. The zero-order chi connectivity index (χ0) is 18.4. The molecule has 9 heteroatoms. The quantitative estimate of drug-likeness (QED) is 0.526. The van der Waals surface area contributed by atoms with Gasteiger partial charge in [-0.3, -0.25) is 15.1 Å². The van der Waals surface area contributed by atoms with E-state index in [4.69, 9.17) is 4.74 Å². The molecule has 0 amide bonds. The van der Waals surface area contributed by atoms with E-state index in [2.05, 4.69) is 4.98 Å². The van der Waals surface area contributed by atoms with Gasteiger partial charge in [0.15, 0.2) is 5.75 Å². The van der Waals surface area contributed by atoms with Crippen LogP contribution >= 0.6 is 0 Å². The third-order valence-electron chi connectivity index (χ3n) is 3.57. The molecule has 1 heterocycles. The maximum absolute atomic E-state index is 12.5. The van der Waals surface area contributed by atoms with Crippen molar-refractivity contribution in [3.63, 3.8) is 0 Å². The van der Waals surface area contributed by atoms with Crippen molar-refractivity contribution in [3.8, 4) is 5.75 Å². The minimum Gasteiger partial charge on any atom is -0.480 e. The number of benzene rings is 1. The van der Waals surface area contributed by atoms with Gasteiger partial charge in [-0.2, -0.15) is 4.31 Å². The van der Waals surface area contributed by atoms with Crippen LogP contribution in [0.2, 0.25) is 0 Å². The Bertz CT molecular complexity index is 836. The molecule has 0 fully saturated rings. The molecule has 0 bridgehead atoms. The van der Waals surface area contributed by atoms with Gasteiger partial charge >= 0.3 is 5.69 Å². The summed E-state index contributed by atoms with van der Waals surface area (Å²) in [6.45, 7) is 4.03. The molecule has 25 heavy (non-hydrogen) atoms. The van der Waals surface area contributed by atoms with Crippen molar-refractivity contribution in [1.82, 2.24) is 9.29 Å². The Morgan fingerprint density at radius 3 is 2.48 bits per heavy atom. The molecule has 0 spiro atoms. The largest absolute Gasteiger partial charge is 0.480 e. The van der Waals surface area contributed by atoms with Gasteiger partial charge in [0.25, 0.3) is 0 Å². The lowest BCUT2D eigenvalue weighted by atomic mass is 10.3. The summed E-state index contributed by atoms with van der Waals surface area (Å²) in [5.74, 6) is -0.00542. The Morgan fingerprint density at radius 2 is 1.92 bits per heavy atom. The van der Waals surface area contributed by atoms with Crippen LogP contribution in [0.3, 0.4) is 0 Å². The summed E-state index contributed by atoms with van der Waals surface area (Å²) in [7, 11) is -3.78. The molecule has 0 N–H and O–H groups in total. The fourth-order valence-electron chi connectivity index (χ4n) is 2.27. The zero-order valence-electron chi connectivity index (χ0n) is 14.0. The average molecular weight is 365 g/mol. The maximum Gasteiger partial charge on any atom is 0.312 e. The van der Waals surface area contributed by atoms with E-state index in [0.29, 0.717) is 5.69 Å². The smallest absolute Gasteiger partial charge is 0.312 e. The van der Waals surface area contributed by atoms with Crippen molar-refractivity contribution in [2.75, 3.05) is 13.1 Å². The molecule has 2 rings (SSSR count). The predicted molar refractivity (Wildman–Crippen MR) is 91.8 cm³/mol. The number of aromatic nitrogens is 1. The summed E-state index contributed by atoms with van der Waals surface area (Å²) in [5, 5.41) is 11.3. The monoisotopic (exact) mass is 365 g/mol. The molecule has 0 radical (unpaired) electrons. The van der Waals surface area contributed by atoms with Crippen LogP contribution in [0, 0.1) is 10.1 Å². The summed E-state index contributed by atoms with van der Waals surface area (Å²) < 4.78 is 31.7. The van der Waals surface area contributed by atoms with Crippen molar-refractivity contribution >= 4 is 15.7 Å². The fourth-order valence-corrected chi connectivity index (χ4v) is 3.75. The molecule has 0 aliphatic carbocycles. The molecule has 0 saturated carbocycles. The average Bonchev–Trinajstić information content (AvgIpc) is 2.61. The molecular weight excluding hydrogens is 346 g/mol. The van der Waals surface area contributed by atoms with Gasteiger partial charge in [0.1, 0.15) is 6.61 Å². The van der Waals surface area contributed by atoms with Gasteiger partial charge in [0.2, 0.25) is 10.0 Å². The summed E-state index contributed by atoms with van der Waals surface area (Å²) in [4.78, 5) is 14.6. The molecule has 134 valence electrons. The number of nitrogens with zero attached hydrogens (tertiary/aromatic N) is 3. The molecule has 0 saturated heterocycles. The van der Waals surface area contributed by atoms with Crippen LogP contribution in [0.25, 0.3) is 0 Å².